The van der Waals surface area contributed by atoms with E-state index >= 15 is 0 Å². The number of aromatic nitrogens is 2. The highest BCUT2D eigenvalue weighted by molar-refractivity contribution is 7.07. The van der Waals surface area contributed by atoms with Crippen molar-refractivity contribution in [3.8, 4) is 0 Å². The maximum atomic E-state index is 12.7. The number of aliphatic hydroxyl groups excluding tert-OH is 1. The van der Waals surface area contributed by atoms with E-state index in [1.54, 1.807) is 11.7 Å². The van der Waals surface area contributed by atoms with E-state index in [0.717, 1.165) is 16.6 Å². The summed E-state index contributed by atoms with van der Waals surface area (Å²) in [5.74, 6) is -0.549. The summed E-state index contributed by atoms with van der Waals surface area (Å²) in [7, 11) is 0. The number of nitrogens with one attached hydrogen (secondary N) is 3. The van der Waals surface area contributed by atoms with E-state index in [2.05, 4.69) is 20.6 Å². The minimum absolute atomic E-state index is 0.0637. The highest BCUT2D eigenvalue weighted by Crippen LogP contribution is 2.26. The van der Waals surface area contributed by atoms with Gasteiger partial charge in [0.1, 0.15) is 0 Å². The van der Waals surface area contributed by atoms with Crippen LogP contribution in [0.15, 0.2) is 41.4 Å². The van der Waals surface area contributed by atoms with E-state index in [1.807, 2.05) is 29.6 Å². The Morgan fingerprint density at radius 1 is 1.29 bits per heavy atom. The number of rotatable bonds is 5. The number of fused-ring (bicyclic) bond motifs is 1. The Balaban J connectivity index is 1.39. The molecule has 0 saturated heterocycles. The number of thiazole rings is 1. The van der Waals surface area contributed by atoms with Crippen molar-refractivity contribution >= 4 is 34.1 Å². The molecule has 0 spiro atoms. The quantitative estimate of drug-likeness (QED) is 0.528. The molecule has 1 fully saturated rings. The second kappa shape index (κ2) is 8.12. The second-order valence-corrected chi connectivity index (χ2v) is 7.82. The molecule has 0 radical (unpaired) electrons. The Bertz CT molecular complexity index is 969. The Morgan fingerprint density at radius 3 is 2.96 bits per heavy atom. The van der Waals surface area contributed by atoms with Crippen molar-refractivity contribution in [3.63, 3.8) is 0 Å². The molecule has 2 amide bonds. The fraction of sp³-hybridized carbons (Fsp3) is 0.350. The summed E-state index contributed by atoms with van der Waals surface area (Å²) in [6.07, 6.45) is 2.51. The topological polar surface area (TPSA) is 107 Å². The summed E-state index contributed by atoms with van der Waals surface area (Å²) in [5.41, 5.74) is 3.99. The Hall–Kier alpha value is -2.71. The van der Waals surface area contributed by atoms with Crippen LogP contribution in [0.1, 0.15) is 35.3 Å². The molecule has 0 bridgehead atoms. The lowest BCUT2D eigenvalue weighted by Gasteiger charge is -2.33. The van der Waals surface area contributed by atoms with Gasteiger partial charge in [-0.3, -0.25) is 9.59 Å². The van der Waals surface area contributed by atoms with Crippen molar-refractivity contribution < 1.29 is 14.7 Å². The number of benzene rings is 1. The fourth-order valence-electron chi connectivity index (χ4n) is 3.70. The van der Waals surface area contributed by atoms with Crippen molar-refractivity contribution in [1.29, 1.82) is 0 Å². The number of hydrogen-bond donors (Lipinski definition) is 4. The van der Waals surface area contributed by atoms with Gasteiger partial charge in [0, 0.05) is 28.4 Å². The Labute approximate surface area is 166 Å². The lowest BCUT2D eigenvalue weighted by atomic mass is 9.83. The fourth-order valence-corrected chi connectivity index (χ4v) is 4.26. The average Bonchev–Trinajstić information content (AvgIpc) is 3.37. The average molecular weight is 398 g/mol. The minimum Gasteiger partial charge on any atom is -0.391 e. The van der Waals surface area contributed by atoms with Gasteiger partial charge in [-0.05, 0) is 25.3 Å². The predicted octanol–water partition coefficient (Wildman–Crippen LogP) is 2.20. The van der Waals surface area contributed by atoms with Gasteiger partial charge in [0.05, 0.1) is 35.5 Å². The molecule has 4 N–H and O–H groups in total. The summed E-state index contributed by atoms with van der Waals surface area (Å²) in [5, 5.41) is 18.9. The number of H-pyrrole nitrogens is 1. The maximum absolute atomic E-state index is 12.7. The van der Waals surface area contributed by atoms with Gasteiger partial charge in [0.15, 0.2) is 0 Å². The molecule has 8 heteroatoms. The first kappa shape index (κ1) is 18.6. The first-order valence-electron chi connectivity index (χ1n) is 9.31. The van der Waals surface area contributed by atoms with Gasteiger partial charge in [-0.25, -0.2) is 4.98 Å². The number of carbonyl (C=O) groups excluding carboxylic acids is 2. The number of para-hydroxylation sites is 1. The van der Waals surface area contributed by atoms with Gasteiger partial charge in [-0.15, -0.1) is 11.3 Å². The summed E-state index contributed by atoms with van der Waals surface area (Å²) in [6.45, 7) is 0.397. The monoisotopic (exact) mass is 398 g/mol. The first-order chi connectivity index (χ1) is 13.6. The van der Waals surface area contributed by atoms with E-state index in [0.29, 0.717) is 31.4 Å². The summed E-state index contributed by atoms with van der Waals surface area (Å²) < 4.78 is 0. The zero-order valence-corrected chi connectivity index (χ0v) is 16.0. The number of aromatic amines is 1. The van der Waals surface area contributed by atoms with Gasteiger partial charge in [-0.2, -0.15) is 0 Å². The van der Waals surface area contributed by atoms with Crippen LogP contribution in [-0.4, -0.2) is 39.0 Å². The van der Waals surface area contributed by atoms with Gasteiger partial charge in [0.25, 0.3) is 5.91 Å². The van der Waals surface area contributed by atoms with Gasteiger partial charge >= 0.3 is 0 Å². The summed E-state index contributed by atoms with van der Waals surface area (Å²) in [4.78, 5) is 32.5. The minimum atomic E-state index is -0.656. The highest BCUT2D eigenvalue weighted by Gasteiger charge is 2.34. The molecule has 1 aliphatic carbocycles. The van der Waals surface area contributed by atoms with E-state index in [4.69, 9.17) is 0 Å². The number of aliphatic hydroxyl groups is 1. The molecule has 0 unspecified atom stereocenters. The molecular formula is C20H22N4O3S. The molecule has 0 aliphatic heterocycles. The van der Waals surface area contributed by atoms with Crippen LogP contribution in [0.4, 0.5) is 0 Å². The lowest BCUT2D eigenvalue weighted by Crippen LogP contribution is -2.49. The number of hydrogen-bond acceptors (Lipinski definition) is 5. The van der Waals surface area contributed by atoms with Crippen LogP contribution in [0.2, 0.25) is 0 Å². The van der Waals surface area contributed by atoms with Crippen molar-refractivity contribution in [2.75, 3.05) is 0 Å². The van der Waals surface area contributed by atoms with Crippen LogP contribution in [0, 0.1) is 5.92 Å². The molecule has 4 rings (SSSR count). The third kappa shape index (κ3) is 3.93. The van der Waals surface area contributed by atoms with E-state index < -0.39 is 12.1 Å². The zero-order chi connectivity index (χ0) is 19.5. The molecule has 3 aromatic rings. The van der Waals surface area contributed by atoms with Gasteiger partial charge in [-0.1, -0.05) is 18.2 Å². The molecular weight excluding hydrogens is 376 g/mol. The van der Waals surface area contributed by atoms with E-state index in [-0.39, 0.29) is 17.7 Å². The van der Waals surface area contributed by atoms with Crippen molar-refractivity contribution in [2.45, 2.75) is 38.0 Å². The third-order valence-corrected chi connectivity index (χ3v) is 5.90. The maximum Gasteiger partial charge on any atom is 0.253 e. The Kier molecular flexibility index (Phi) is 5.40. The van der Waals surface area contributed by atoms with E-state index in [1.165, 1.54) is 11.3 Å². The van der Waals surface area contributed by atoms with Crippen LogP contribution in [0.25, 0.3) is 10.9 Å². The normalized spacial score (nSPS) is 22.1. The Morgan fingerprint density at radius 2 is 2.14 bits per heavy atom. The zero-order valence-electron chi connectivity index (χ0n) is 15.2. The SMILES string of the molecule is O=C(N[C@@H]1C[C@@H](C(=O)NCc2cscn2)CC[C@H]1O)c1c[nH]c2ccccc12. The van der Waals surface area contributed by atoms with Crippen molar-refractivity contribution in [3.05, 3.63) is 52.6 Å². The van der Waals surface area contributed by atoms with Crippen LogP contribution in [-0.2, 0) is 11.3 Å². The molecule has 1 aromatic carbocycles. The van der Waals surface area contributed by atoms with Crippen LogP contribution >= 0.6 is 11.3 Å². The molecule has 3 atom stereocenters. The molecule has 7 nitrogen and oxygen atoms in total. The van der Waals surface area contributed by atoms with Crippen molar-refractivity contribution in [2.24, 2.45) is 5.92 Å². The smallest absolute Gasteiger partial charge is 0.253 e. The molecule has 1 aliphatic rings. The van der Waals surface area contributed by atoms with Crippen LogP contribution in [0.5, 0.6) is 0 Å². The number of carbonyl (C=O) groups is 2. The van der Waals surface area contributed by atoms with Crippen LogP contribution in [0.3, 0.4) is 0 Å². The van der Waals surface area contributed by atoms with Crippen molar-refractivity contribution in [1.82, 2.24) is 20.6 Å². The largest absolute Gasteiger partial charge is 0.391 e. The van der Waals surface area contributed by atoms with Gasteiger partial charge in [0.2, 0.25) is 5.91 Å². The standard InChI is InChI=1S/C20H22N4O3S/c25-18-6-5-12(19(26)22-8-13-10-28-11-23-13)7-17(18)24-20(27)15-9-21-16-4-2-1-3-14(15)16/h1-4,9-12,17-18,21,25H,5-8H2,(H,22,26)(H,24,27)/t12-,17+,18+/m0/s1. The molecule has 2 heterocycles. The lowest BCUT2D eigenvalue weighted by molar-refractivity contribution is -0.127. The summed E-state index contributed by atoms with van der Waals surface area (Å²) >= 11 is 1.49. The van der Waals surface area contributed by atoms with E-state index in [9.17, 15) is 14.7 Å². The molecule has 28 heavy (non-hydrogen) atoms. The second-order valence-electron chi connectivity index (χ2n) is 7.10. The first-order valence-corrected chi connectivity index (χ1v) is 10.3. The number of amides is 2. The highest BCUT2D eigenvalue weighted by atomic mass is 32.1. The molecule has 2 aromatic heterocycles. The van der Waals surface area contributed by atoms with Gasteiger partial charge < -0.3 is 20.7 Å². The molecule has 1 saturated carbocycles. The van der Waals surface area contributed by atoms with Crippen LogP contribution < -0.4 is 10.6 Å². The molecule has 146 valence electrons. The predicted molar refractivity (Wildman–Crippen MR) is 107 cm³/mol. The third-order valence-electron chi connectivity index (χ3n) is 5.26. The number of nitrogens with zero attached hydrogens (tertiary/aromatic N) is 1. The summed E-state index contributed by atoms with van der Waals surface area (Å²) in [6, 6.07) is 7.12.